The monoisotopic (exact) mass is 381 g/mol. The molecule has 0 fully saturated rings. The molecule has 0 amide bonds. The Labute approximate surface area is 148 Å². The van der Waals surface area contributed by atoms with Gasteiger partial charge in [0.2, 0.25) is 0 Å². The lowest BCUT2D eigenvalue weighted by Crippen LogP contribution is -1.98. The number of aromatic nitrogens is 3. The molecule has 0 saturated carbocycles. The zero-order chi connectivity index (χ0) is 16.6. The van der Waals surface area contributed by atoms with Gasteiger partial charge in [0.25, 0.3) is 0 Å². The van der Waals surface area contributed by atoms with Gasteiger partial charge in [0.15, 0.2) is 5.75 Å². The predicted octanol–water partition coefficient (Wildman–Crippen LogP) is 6.28. The van der Waals surface area contributed by atoms with E-state index >= 15 is 0 Å². The molecule has 2 unspecified atom stereocenters. The molecule has 0 spiro atoms. The van der Waals surface area contributed by atoms with E-state index in [4.69, 9.17) is 4.84 Å². The van der Waals surface area contributed by atoms with E-state index in [9.17, 15) is 0 Å². The largest absolute Gasteiger partial charge is 0.367 e. The second kappa shape index (κ2) is 6.24. The highest BCUT2D eigenvalue weighted by molar-refractivity contribution is 7.44. The Morgan fingerprint density at radius 2 is 1.68 bits per heavy atom. The van der Waals surface area contributed by atoms with Gasteiger partial charge in [-0.3, -0.25) is 4.51 Å². The first kappa shape index (κ1) is 15.0. The van der Waals surface area contributed by atoms with Gasteiger partial charge in [0, 0.05) is 5.39 Å². The number of nitrogens with one attached hydrogen (secondary N) is 1. The number of benzene rings is 4. The van der Waals surface area contributed by atoms with Crippen LogP contribution in [0.3, 0.4) is 0 Å². The van der Waals surface area contributed by atoms with Crippen LogP contribution in [-0.2, 0) is 0 Å². The van der Waals surface area contributed by atoms with Crippen LogP contribution in [0.4, 0.5) is 0 Å². The molecule has 5 rings (SSSR count). The molecule has 4 nitrogen and oxygen atoms in total. The second-order valence-electron chi connectivity index (χ2n) is 5.75. The van der Waals surface area contributed by atoms with Crippen molar-refractivity contribution in [3.05, 3.63) is 66.7 Å². The van der Waals surface area contributed by atoms with Crippen LogP contribution in [0.15, 0.2) is 66.7 Å². The van der Waals surface area contributed by atoms with Crippen LogP contribution >= 0.6 is 25.5 Å². The molecule has 2 atom stereocenters. The van der Waals surface area contributed by atoms with Crippen LogP contribution in [0.25, 0.3) is 32.3 Å². The van der Waals surface area contributed by atoms with Crippen LogP contribution in [-0.4, -0.2) is 13.3 Å². The summed E-state index contributed by atoms with van der Waals surface area (Å²) < 4.78 is 9.43. The zero-order valence-electron chi connectivity index (χ0n) is 13.1. The topological polar surface area (TPSA) is 42.8 Å². The molecule has 7 heteroatoms. The quantitative estimate of drug-likeness (QED) is 0.289. The Morgan fingerprint density at radius 3 is 2.52 bits per heavy atom. The number of aromatic amines is 1. The molecule has 25 heavy (non-hydrogen) atoms. The van der Waals surface area contributed by atoms with E-state index in [-0.39, 0.29) is 0 Å². The molecule has 1 N–H and O–H groups in total. The summed E-state index contributed by atoms with van der Waals surface area (Å²) >= 11 is 0. The average molecular weight is 381 g/mol. The lowest BCUT2D eigenvalue weighted by Gasteiger charge is -2.12. The van der Waals surface area contributed by atoms with Crippen LogP contribution in [0, 0.1) is 0 Å². The van der Waals surface area contributed by atoms with Crippen molar-refractivity contribution in [2.24, 2.45) is 0 Å². The van der Waals surface area contributed by atoms with Crippen molar-refractivity contribution < 1.29 is 4.84 Å². The Kier molecular flexibility index (Phi) is 3.76. The van der Waals surface area contributed by atoms with Crippen LogP contribution < -0.4 is 4.84 Å². The minimum Gasteiger partial charge on any atom is -0.367 e. The molecule has 4 aromatic carbocycles. The highest BCUT2D eigenvalue weighted by Gasteiger charge is 2.09. The van der Waals surface area contributed by atoms with Gasteiger partial charge in [-0.05, 0) is 45.1 Å². The summed E-state index contributed by atoms with van der Waals surface area (Å²) in [6, 6.07) is 23.6. The summed E-state index contributed by atoms with van der Waals surface area (Å²) in [5.74, 6) is 0.883. The third-order valence-electron chi connectivity index (χ3n) is 4.26. The van der Waals surface area contributed by atoms with Gasteiger partial charge in [0.05, 0.1) is 17.0 Å². The van der Waals surface area contributed by atoms with Crippen LogP contribution in [0.2, 0.25) is 0 Å². The van der Waals surface area contributed by atoms with Crippen molar-refractivity contribution in [2.45, 2.75) is 0 Å². The molecule has 0 aliphatic heterocycles. The Morgan fingerprint density at radius 1 is 0.880 bits per heavy atom. The summed E-state index contributed by atoms with van der Waals surface area (Å²) in [6.45, 7) is 0. The van der Waals surface area contributed by atoms with Gasteiger partial charge in [-0.15, -0.1) is 4.26 Å². The summed E-state index contributed by atoms with van der Waals surface area (Å²) in [6.07, 6.45) is 0. The van der Waals surface area contributed by atoms with E-state index in [1.165, 1.54) is 26.9 Å². The fourth-order valence-electron chi connectivity index (χ4n) is 3.17. The van der Waals surface area contributed by atoms with E-state index < -0.39 is 0 Å². The van der Waals surface area contributed by atoms with Crippen molar-refractivity contribution in [2.75, 3.05) is 0 Å². The maximum absolute atomic E-state index is 6.19. The van der Waals surface area contributed by atoms with E-state index in [1.54, 1.807) is 0 Å². The van der Waals surface area contributed by atoms with Gasteiger partial charge >= 0.3 is 0 Å². The van der Waals surface area contributed by atoms with Crippen molar-refractivity contribution in [1.29, 1.82) is 0 Å². The molecule has 0 bridgehead atoms. The number of fused-ring (bicyclic) bond motifs is 4. The van der Waals surface area contributed by atoms with Gasteiger partial charge in [-0.1, -0.05) is 48.5 Å². The average Bonchev–Trinajstić information content (AvgIpc) is 2.67. The number of nitrogens with zero attached hydrogens (tertiary/aromatic N) is 2. The maximum atomic E-state index is 6.19. The predicted molar refractivity (Wildman–Crippen MR) is 111 cm³/mol. The molecule has 1 heterocycles. The Balaban J connectivity index is 1.82. The number of hydrogen-bond donors (Lipinski definition) is 1. The highest BCUT2D eigenvalue weighted by atomic mass is 31.1. The molecule has 0 saturated heterocycles. The van der Waals surface area contributed by atoms with Crippen molar-refractivity contribution in [1.82, 2.24) is 13.3 Å². The third kappa shape index (κ3) is 2.73. The fraction of sp³-hybridized carbons (Fsp3) is 0. The molecule has 0 aliphatic rings. The van der Waals surface area contributed by atoms with Gasteiger partial charge in [0.1, 0.15) is 8.51 Å². The lowest BCUT2D eigenvalue weighted by atomic mass is 9.98. The minimum absolute atomic E-state index is 0.325. The van der Waals surface area contributed by atoms with Crippen molar-refractivity contribution in [3.8, 4) is 5.75 Å². The first-order valence-electron chi connectivity index (χ1n) is 7.87. The van der Waals surface area contributed by atoms with Gasteiger partial charge in [-0.2, -0.15) is 4.51 Å². The summed E-state index contributed by atoms with van der Waals surface area (Å²) in [4.78, 5) is 6.19. The molecule has 0 radical (unpaired) electrons. The summed E-state index contributed by atoms with van der Waals surface area (Å²) in [5.41, 5.74) is 0. The van der Waals surface area contributed by atoms with Crippen molar-refractivity contribution in [3.63, 3.8) is 0 Å². The number of H-pyrrole nitrogens is 1. The van der Waals surface area contributed by atoms with E-state index in [0.717, 1.165) is 19.6 Å². The molecule has 1 aromatic heterocycles. The first-order chi connectivity index (χ1) is 12.4. The molecule has 5 aromatic rings. The van der Waals surface area contributed by atoms with Crippen LogP contribution in [0.5, 0.6) is 5.75 Å². The SMILES string of the molecule is c1ccc2cc3c(ccc4cccc(On5[pH]np[nH][pH]5)c43)cc2c1. The number of rotatable bonds is 2. The molecule has 122 valence electrons. The van der Waals surface area contributed by atoms with E-state index in [1.807, 2.05) is 16.4 Å². The van der Waals surface area contributed by atoms with Crippen molar-refractivity contribution >= 4 is 57.8 Å². The van der Waals surface area contributed by atoms with E-state index in [2.05, 4.69) is 63.6 Å². The molecular formula is C18H14N3OP3. The minimum atomic E-state index is 0.325. The maximum Gasteiger partial charge on any atom is 0.165 e. The lowest BCUT2D eigenvalue weighted by molar-refractivity contribution is 0.280. The fourth-order valence-corrected chi connectivity index (χ4v) is 6.20. The van der Waals surface area contributed by atoms with E-state index in [0.29, 0.717) is 17.0 Å². The van der Waals surface area contributed by atoms with Gasteiger partial charge < -0.3 is 4.84 Å². The van der Waals surface area contributed by atoms with Crippen LogP contribution in [0.1, 0.15) is 0 Å². The molecular weight excluding hydrogens is 367 g/mol. The standard InChI is InChI=1S/C18H14N3OP3/c1-2-5-14-11-16-15(10-13(14)4-1)9-8-12-6-3-7-17(18(12)16)22-21-24-19-23-20-25-21/h1-11,24-25H,(H,19,20). The van der Waals surface area contributed by atoms with Gasteiger partial charge in [-0.25, -0.2) is 0 Å². The molecule has 0 aliphatic carbocycles. The smallest absolute Gasteiger partial charge is 0.165 e. The summed E-state index contributed by atoms with van der Waals surface area (Å²) in [7, 11) is 1.68. The third-order valence-corrected chi connectivity index (χ3v) is 7.03. The number of hydrogen-bond acceptors (Lipinski definition) is 2. The second-order valence-corrected chi connectivity index (χ2v) is 9.33. The Bertz CT molecular complexity index is 1230. The first-order valence-corrected chi connectivity index (χ1v) is 10.6. The Hall–Kier alpha value is -2.24. The zero-order valence-corrected chi connectivity index (χ0v) is 16.0. The summed E-state index contributed by atoms with van der Waals surface area (Å²) in [5, 5.41) is 7.30. The normalized spacial score (nSPS) is 12.2. The highest BCUT2D eigenvalue weighted by Crippen LogP contribution is 2.35.